The molecule has 0 atom stereocenters. The molecule has 0 spiro atoms. The number of rotatable bonds is 2. The van der Waals surface area contributed by atoms with E-state index in [1.807, 2.05) is 0 Å². The molecule has 0 aromatic rings. The average molecular weight is 203 g/mol. The van der Waals surface area contributed by atoms with Gasteiger partial charge >= 0.3 is 0 Å². The van der Waals surface area contributed by atoms with Gasteiger partial charge in [-0.25, -0.2) is 0 Å². The predicted molar refractivity (Wildman–Crippen MR) is 60.9 cm³/mol. The van der Waals surface area contributed by atoms with Crippen molar-refractivity contribution >= 4 is 17.5 Å². The lowest BCUT2D eigenvalue weighted by Crippen LogP contribution is -2.25. The van der Waals surface area contributed by atoms with Gasteiger partial charge in [0, 0.05) is 15.9 Å². The van der Waals surface area contributed by atoms with Gasteiger partial charge in [-0.15, -0.1) is 11.8 Å². The fourth-order valence-electron chi connectivity index (χ4n) is 0.680. The zero-order valence-electron chi connectivity index (χ0n) is 9.51. The zero-order chi connectivity index (χ0) is 10.7. The van der Waals surface area contributed by atoms with E-state index in [2.05, 4.69) is 46.7 Å². The fourth-order valence-corrected chi connectivity index (χ4v) is 1.74. The molecule has 3 heteroatoms. The van der Waals surface area contributed by atoms with Crippen molar-refractivity contribution in [2.24, 2.45) is 10.6 Å². The number of hydrogen-bond donors (Lipinski definition) is 1. The molecule has 0 radical (unpaired) electrons. The highest BCUT2D eigenvalue weighted by atomic mass is 32.2. The molecule has 0 heterocycles. The van der Waals surface area contributed by atoms with E-state index < -0.39 is 0 Å². The van der Waals surface area contributed by atoms with Gasteiger partial charge < -0.3 is 5.21 Å². The van der Waals surface area contributed by atoms with Gasteiger partial charge in [0.2, 0.25) is 0 Å². The first-order chi connectivity index (χ1) is 5.67. The molecule has 0 unspecified atom stereocenters. The van der Waals surface area contributed by atoms with Crippen molar-refractivity contribution in [1.82, 2.24) is 0 Å². The number of oxime groups is 1. The van der Waals surface area contributed by atoms with Gasteiger partial charge in [-0.2, -0.15) is 0 Å². The summed E-state index contributed by atoms with van der Waals surface area (Å²) < 4.78 is 0.223. The van der Waals surface area contributed by atoms with Gasteiger partial charge in [-0.3, -0.25) is 0 Å². The third-order valence-electron chi connectivity index (χ3n) is 1.63. The van der Waals surface area contributed by atoms with Crippen molar-refractivity contribution in [2.45, 2.75) is 46.3 Å². The lowest BCUT2D eigenvalue weighted by Gasteiger charge is -2.23. The summed E-state index contributed by atoms with van der Waals surface area (Å²) in [6.07, 6.45) is 0. The summed E-state index contributed by atoms with van der Waals surface area (Å²) in [5, 5.41) is 12.2. The maximum absolute atomic E-state index is 8.83. The molecule has 0 aromatic heterocycles. The Kier molecular flexibility index (Phi) is 4.30. The van der Waals surface area contributed by atoms with Crippen LogP contribution in [0.1, 0.15) is 41.5 Å². The molecule has 0 aliphatic rings. The van der Waals surface area contributed by atoms with Crippen LogP contribution >= 0.6 is 11.8 Å². The number of thioether (sulfide) groups is 1. The topological polar surface area (TPSA) is 32.6 Å². The van der Waals surface area contributed by atoms with E-state index in [0.29, 0.717) is 0 Å². The van der Waals surface area contributed by atoms with Crippen molar-refractivity contribution in [1.29, 1.82) is 0 Å². The predicted octanol–water partition coefficient (Wildman–Crippen LogP) is 3.39. The second kappa shape index (κ2) is 4.36. The maximum Gasteiger partial charge on any atom is 0.0722 e. The lowest BCUT2D eigenvalue weighted by molar-refractivity contribution is 0.311. The Balaban J connectivity index is 4.20. The molecule has 0 bridgehead atoms. The summed E-state index contributed by atoms with van der Waals surface area (Å²) in [5.74, 6) is 0.795. The minimum absolute atomic E-state index is 0.0347. The van der Waals surface area contributed by atoms with Gasteiger partial charge in [0.1, 0.15) is 0 Å². The van der Waals surface area contributed by atoms with Gasteiger partial charge in [0.25, 0.3) is 0 Å². The molecule has 1 N–H and O–H groups in total. The van der Waals surface area contributed by atoms with E-state index in [9.17, 15) is 0 Å². The van der Waals surface area contributed by atoms with Crippen molar-refractivity contribution in [3.05, 3.63) is 0 Å². The Labute approximate surface area is 85.8 Å². The second-order valence-corrected chi connectivity index (χ2v) is 7.00. The third-order valence-corrected chi connectivity index (χ3v) is 2.91. The summed E-state index contributed by atoms with van der Waals surface area (Å²) >= 11 is 1.80. The van der Waals surface area contributed by atoms with Crippen LogP contribution in [0, 0.1) is 5.41 Å². The second-order valence-electron chi connectivity index (χ2n) is 5.20. The number of hydrogen-bond acceptors (Lipinski definition) is 3. The summed E-state index contributed by atoms with van der Waals surface area (Å²) in [7, 11) is 0. The Hall–Kier alpha value is -0.180. The Morgan fingerprint density at radius 1 is 1.15 bits per heavy atom. The quantitative estimate of drug-likeness (QED) is 0.424. The Bertz CT molecular complexity index is 186. The van der Waals surface area contributed by atoms with Crippen LogP contribution in [0.2, 0.25) is 0 Å². The highest BCUT2D eigenvalue weighted by Gasteiger charge is 2.22. The molecular weight excluding hydrogens is 182 g/mol. The molecule has 0 saturated heterocycles. The minimum atomic E-state index is -0.0347. The summed E-state index contributed by atoms with van der Waals surface area (Å²) in [5.41, 5.74) is 0.819. The monoisotopic (exact) mass is 203 g/mol. The third kappa shape index (κ3) is 5.97. The molecule has 0 aromatic carbocycles. The zero-order valence-corrected chi connectivity index (χ0v) is 10.3. The summed E-state index contributed by atoms with van der Waals surface area (Å²) in [6.45, 7) is 12.7. The van der Waals surface area contributed by atoms with Crippen LogP contribution in [0.3, 0.4) is 0 Å². The van der Waals surface area contributed by atoms with Crippen LogP contribution in [0.5, 0.6) is 0 Å². The SMILES string of the molecule is CC(C)(C)SC/C(=N/O)C(C)(C)C. The van der Waals surface area contributed by atoms with Gasteiger partial charge in [-0.05, 0) is 0 Å². The number of nitrogens with zero attached hydrogens (tertiary/aromatic N) is 1. The first-order valence-electron chi connectivity index (χ1n) is 4.52. The van der Waals surface area contributed by atoms with E-state index in [1.165, 1.54) is 0 Å². The van der Waals surface area contributed by atoms with E-state index >= 15 is 0 Å². The standard InChI is InChI=1S/C10H21NOS/c1-9(2,3)8(11-12)7-13-10(4,5)6/h12H,7H2,1-6H3/b11-8-. The molecule has 13 heavy (non-hydrogen) atoms. The van der Waals surface area contributed by atoms with E-state index in [1.54, 1.807) is 11.8 Å². The lowest BCUT2D eigenvalue weighted by atomic mass is 9.91. The van der Waals surface area contributed by atoms with Crippen molar-refractivity contribution < 1.29 is 5.21 Å². The molecule has 78 valence electrons. The Morgan fingerprint density at radius 2 is 1.62 bits per heavy atom. The molecule has 0 aliphatic heterocycles. The molecule has 0 aliphatic carbocycles. The van der Waals surface area contributed by atoms with Crippen LogP contribution in [-0.4, -0.2) is 21.4 Å². The summed E-state index contributed by atoms with van der Waals surface area (Å²) in [4.78, 5) is 0. The molecule has 2 nitrogen and oxygen atoms in total. The van der Waals surface area contributed by atoms with E-state index in [4.69, 9.17) is 5.21 Å². The Morgan fingerprint density at radius 3 is 1.85 bits per heavy atom. The molecule has 0 saturated carbocycles. The first-order valence-corrected chi connectivity index (χ1v) is 5.51. The van der Waals surface area contributed by atoms with Gasteiger partial charge in [0.05, 0.1) is 5.71 Å². The largest absolute Gasteiger partial charge is 0.411 e. The average Bonchev–Trinajstić information content (AvgIpc) is 1.82. The molecular formula is C10H21NOS. The molecule has 0 amide bonds. The molecule has 0 fully saturated rings. The van der Waals surface area contributed by atoms with Crippen molar-refractivity contribution in [3.8, 4) is 0 Å². The maximum atomic E-state index is 8.83. The van der Waals surface area contributed by atoms with Crippen LogP contribution in [0.25, 0.3) is 0 Å². The van der Waals surface area contributed by atoms with Crippen LogP contribution in [0.15, 0.2) is 5.16 Å². The minimum Gasteiger partial charge on any atom is -0.411 e. The fraction of sp³-hybridized carbons (Fsp3) is 0.900. The van der Waals surface area contributed by atoms with Crippen molar-refractivity contribution in [3.63, 3.8) is 0 Å². The summed E-state index contributed by atoms with van der Waals surface area (Å²) in [6, 6.07) is 0. The van der Waals surface area contributed by atoms with Gasteiger partial charge in [-0.1, -0.05) is 46.7 Å². The highest BCUT2D eigenvalue weighted by Crippen LogP contribution is 2.27. The highest BCUT2D eigenvalue weighted by molar-refractivity contribution is 8.01. The van der Waals surface area contributed by atoms with Crippen LogP contribution < -0.4 is 0 Å². The first kappa shape index (κ1) is 12.8. The van der Waals surface area contributed by atoms with Crippen LogP contribution in [-0.2, 0) is 0 Å². The van der Waals surface area contributed by atoms with Crippen molar-refractivity contribution in [2.75, 3.05) is 5.75 Å². The van der Waals surface area contributed by atoms with E-state index in [-0.39, 0.29) is 10.2 Å². The van der Waals surface area contributed by atoms with Gasteiger partial charge in [0.15, 0.2) is 0 Å². The molecule has 0 rings (SSSR count). The smallest absolute Gasteiger partial charge is 0.0722 e. The normalized spacial score (nSPS) is 14.8. The van der Waals surface area contributed by atoms with E-state index in [0.717, 1.165) is 11.5 Å². The van der Waals surface area contributed by atoms with Crippen LogP contribution in [0.4, 0.5) is 0 Å².